The summed E-state index contributed by atoms with van der Waals surface area (Å²) in [5.41, 5.74) is 0.828. The van der Waals surface area contributed by atoms with Crippen LogP contribution >= 0.6 is 15.9 Å². The summed E-state index contributed by atoms with van der Waals surface area (Å²) in [7, 11) is -2.34. The van der Waals surface area contributed by atoms with E-state index < -0.39 is 21.7 Å². The Balaban J connectivity index is 1.69. The van der Waals surface area contributed by atoms with E-state index in [9.17, 15) is 17.6 Å². The summed E-state index contributed by atoms with van der Waals surface area (Å²) in [6.45, 7) is -0.328. The van der Waals surface area contributed by atoms with Gasteiger partial charge in [0, 0.05) is 12.7 Å². The van der Waals surface area contributed by atoms with Crippen molar-refractivity contribution in [2.24, 2.45) is 0 Å². The third-order valence-electron chi connectivity index (χ3n) is 4.15. The highest BCUT2D eigenvalue weighted by atomic mass is 79.9. The van der Waals surface area contributed by atoms with E-state index >= 15 is 0 Å². The normalized spacial score (nSPS) is 11.0. The Morgan fingerprint density at radius 3 is 2.50 bits per heavy atom. The van der Waals surface area contributed by atoms with E-state index in [1.54, 1.807) is 42.5 Å². The standard InChI is InChI=1S/C21H18BrFN2O4S/c1-25(17-7-3-2-4-8-17)30(27,28)18-9-5-6-16(13-18)24-21(26)14-29-20-11-10-15(23)12-19(20)22/h2-13H,14H2,1H3,(H,24,26). The summed E-state index contributed by atoms with van der Waals surface area (Å²) in [5, 5.41) is 2.60. The van der Waals surface area contributed by atoms with Gasteiger partial charge in [-0.2, -0.15) is 0 Å². The summed E-state index contributed by atoms with van der Waals surface area (Å²) >= 11 is 3.16. The van der Waals surface area contributed by atoms with Crippen molar-refractivity contribution in [3.8, 4) is 5.75 Å². The molecule has 0 aromatic heterocycles. The molecule has 3 rings (SSSR count). The van der Waals surface area contributed by atoms with E-state index in [2.05, 4.69) is 21.2 Å². The maximum atomic E-state index is 13.1. The number of carbonyl (C=O) groups excluding carboxylic acids is 1. The maximum Gasteiger partial charge on any atom is 0.264 e. The molecule has 0 unspecified atom stereocenters. The van der Waals surface area contributed by atoms with Gasteiger partial charge in [0.05, 0.1) is 15.1 Å². The summed E-state index contributed by atoms with van der Waals surface area (Å²) < 4.78 is 45.8. The molecule has 0 aliphatic rings. The van der Waals surface area contributed by atoms with Crippen LogP contribution in [0.5, 0.6) is 5.75 Å². The van der Waals surface area contributed by atoms with Crippen molar-refractivity contribution in [3.63, 3.8) is 0 Å². The molecule has 156 valence electrons. The maximum absolute atomic E-state index is 13.1. The number of anilines is 2. The first kappa shape index (κ1) is 21.8. The molecule has 0 aliphatic carbocycles. The van der Waals surface area contributed by atoms with E-state index in [1.807, 2.05) is 0 Å². The monoisotopic (exact) mass is 492 g/mol. The number of rotatable bonds is 7. The highest BCUT2D eigenvalue weighted by molar-refractivity contribution is 9.10. The third kappa shape index (κ3) is 5.17. The lowest BCUT2D eigenvalue weighted by atomic mass is 10.3. The molecule has 9 heteroatoms. The molecule has 0 spiro atoms. The van der Waals surface area contributed by atoms with Crippen LogP contribution < -0.4 is 14.4 Å². The minimum Gasteiger partial charge on any atom is -0.483 e. The van der Waals surface area contributed by atoms with E-state index in [0.717, 1.165) is 0 Å². The second-order valence-electron chi connectivity index (χ2n) is 6.25. The van der Waals surface area contributed by atoms with E-state index in [0.29, 0.717) is 21.6 Å². The van der Waals surface area contributed by atoms with Gasteiger partial charge in [-0.25, -0.2) is 12.8 Å². The Morgan fingerprint density at radius 2 is 1.80 bits per heavy atom. The Kier molecular flexibility index (Phi) is 6.73. The number of sulfonamides is 1. The molecule has 0 atom stereocenters. The number of nitrogens with zero attached hydrogens (tertiary/aromatic N) is 1. The molecule has 1 N–H and O–H groups in total. The Bertz CT molecular complexity index is 1160. The molecule has 3 aromatic rings. The number of hydrogen-bond acceptors (Lipinski definition) is 4. The Labute approximate surface area is 182 Å². The van der Waals surface area contributed by atoms with Gasteiger partial charge in [-0.1, -0.05) is 24.3 Å². The molecule has 0 saturated carbocycles. The minimum atomic E-state index is -3.81. The van der Waals surface area contributed by atoms with Crippen LogP contribution in [0.15, 0.2) is 82.2 Å². The summed E-state index contributed by atoms with van der Waals surface area (Å²) in [4.78, 5) is 12.2. The molecule has 0 saturated heterocycles. The van der Waals surface area contributed by atoms with Gasteiger partial charge in [0.2, 0.25) is 0 Å². The number of amides is 1. The van der Waals surface area contributed by atoms with Crippen LogP contribution in [0.25, 0.3) is 0 Å². The van der Waals surface area contributed by atoms with Crippen molar-refractivity contribution in [1.82, 2.24) is 0 Å². The minimum absolute atomic E-state index is 0.0360. The van der Waals surface area contributed by atoms with Gasteiger partial charge in [-0.05, 0) is 64.5 Å². The van der Waals surface area contributed by atoms with Gasteiger partial charge in [0.25, 0.3) is 15.9 Å². The van der Waals surface area contributed by atoms with Crippen LogP contribution in [-0.4, -0.2) is 28.0 Å². The van der Waals surface area contributed by atoms with Gasteiger partial charge in [0.15, 0.2) is 6.61 Å². The molecule has 0 heterocycles. The van der Waals surface area contributed by atoms with Crippen molar-refractivity contribution < 1.29 is 22.3 Å². The van der Waals surface area contributed by atoms with E-state index in [-0.39, 0.29) is 11.5 Å². The molecular formula is C21H18BrFN2O4S. The zero-order chi connectivity index (χ0) is 21.7. The van der Waals surface area contributed by atoms with Crippen LogP contribution in [0.3, 0.4) is 0 Å². The van der Waals surface area contributed by atoms with E-state index in [4.69, 9.17) is 4.74 Å². The lowest BCUT2D eigenvalue weighted by Gasteiger charge is -2.20. The number of benzene rings is 3. The fraction of sp³-hybridized carbons (Fsp3) is 0.0952. The smallest absolute Gasteiger partial charge is 0.264 e. The first-order chi connectivity index (χ1) is 14.3. The van der Waals surface area contributed by atoms with Crippen molar-refractivity contribution in [1.29, 1.82) is 0 Å². The predicted octanol–water partition coefficient (Wildman–Crippen LogP) is 4.43. The molecule has 1 amide bonds. The molecule has 0 fully saturated rings. The van der Waals surface area contributed by atoms with Crippen molar-refractivity contribution in [3.05, 3.63) is 83.1 Å². The number of halogens is 2. The predicted molar refractivity (Wildman–Crippen MR) is 117 cm³/mol. The summed E-state index contributed by atoms with van der Waals surface area (Å²) in [6.07, 6.45) is 0. The molecule has 0 radical (unpaired) electrons. The topological polar surface area (TPSA) is 75.7 Å². The van der Waals surface area contributed by atoms with Crippen molar-refractivity contribution in [2.75, 3.05) is 23.3 Å². The second kappa shape index (κ2) is 9.27. The van der Waals surface area contributed by atoms with Crippen LogP contribution in [0.1, 0.15) is 0 Å². The van der Waals surface area contributed by atoms with Gasteiger partial charge in [-0.3, -0.25) is 9.10 Å². The zero-order valence-electron chi connectivity index (χ0n) is 15.9. The largest absolute Gasteiger partial charge is 0.483 e. The van der Waals surface area contributed by atoms with Crippen LogP contribution in [0, 0.1) is 5.82 Å². The van der Waals surface area contributed by atoms with E-state index in [1.165, 1.54) is 41.7 Å². The van der Waals surface area contributed by atoms with Crippen molar-refractivity contribution >= 4 is 43.2 Å². The average Bonchev–Trinajstić information content (AvgIpc) is 2.73. The van der Waals surface area contributed by atoms with Gasteiger partial charge >= 0.3 is 0 Å². The highest BCUT2D eigenvalue weighted by Crippen LogP contribution is 2.26. The lowest BCUT2D eigenvalue weighted by molar-refractivity contribution is -0.118. The van der Waals surface area contributed by atoms with Crippen LogP contribution in [0.2, 0.25) is 0 Å². The molecular weight excluding hydrogens is 475 g/mol. The quantitative estimate of drug-likeness (QED) is 0.529. The summed E-state index contributed by atoms with van der Waals surface area (Å²) in [6, 6.07) is 18.5. The average molecular weight is 493 g/mol. The first-order valence-corrected chi connectivity index (χ1v) is 11.0. The molecule has 0 aliphatic heterocycles. The molecule has 0 bridgehead atoms. The fourth-order valence-corrected chi connectivity index (χ4v) is 4.31. The SMILES string of the molecule is CN(c1ccccc1)S(=O)(=O)c1cccc(NC(=O)COc2ccc(F)cc2Br)c1. The number of carbonyl (C=O) groups is 1. The summed E-state index contributed by atoms with van der Waals surface area (Å²) in [5.74, 6) is -0.610. The fourth-order valence-electron chi connectivity index (χ4n) is 2.60. The number of hydrogen-bond donors (Lipinski definition) is 1. The third-order valence-corrected chi connectivity index (χ3v) is 6.55. The molecule has 3 aromatic carbocycles. The molecule has 30 heavy (non-hydrogen) atoms. The van der Waals surface area contributed by atoms with Crippen molar-refractivity contribution in [2.45, 2.75) is 4.90 Å². The number of ether oxygens (including phenoxy) is 1. The number of nitrogens with one attached hydrogen (secondary N) is 1. The van der Waals surface area contributed by atoms with Crippen LogP contribution in [-0.2, 0) is 14.8 Å². The Hall–Kier alpha value is -2.91. The Morgan fingerprint density at radius 1 is 1.07 bits per heavy atom. The molecule has 6 nitrogen and oxygen atoms in total. The highest BCUT2D eigenvalue weighted by Gasteiger charge is 2.21. The number of para-hydroxylation sites is 1. The van der Waals surface area contributed by atoms with Gasteiger partial charge in [0.1, 0.15) is 11.6 Å². The lowest BCUT2D eigenvalue weighted by Crippen LogP contribution is -2.26. The second-order valence-corrected chi connectivity index (χ2v) is 9.07. The van der Waals surface area contributed by atoms with Gasteiger partial charge in [-0.15, -0.1) is 0 Å². The first-order valence-electron chi connectivity index (χ1n) is 8.79. The van der Waals surface area contributed by atoms with Gasteiger partial charge < -0.3 is 10.1 Å². The van der Waals surface area contributed by atoms with Crippen LogP contribution in [0.4, 0.5) is 15.8 Å². The zero-order valence-corrected chi connectivity index (χ0v) is 18.3.